The second-order valence-corrected chi connectivity index (χ2v) is 5.77. The normalized spacial score (nSPS) is 20.0. The number of rotatable bonds is 7. The zero-order valence-electron chi connectivity index (χ0n) is 11.0. The van der Waals surface area contributed by atoms with E-state index in [0.29, 0.717) is 0 Å². The Morgan fingerprint density at radius 2 is 1.60 bits per heavy atom. The van der Waals surface area contributed by atoms with Crippen LogP contribution in [0.5, 0.6) is 0 Å². The Bertz CT molecular complexity index is 147. The van der Waals surface area contributed by atoms with Gasteiger partial charge in [-0.05, 0) is 50.7 Å². The van der Waals surface area contributed by atoms with E-state index in [0.717, 1.165) is 11.8 Å². The van der Waals surface area contributed by atoms with Crippen molar-refractivity contribution in [3.05, 3.63) is 0 Å². The SMILES string of the molecule is CC(C)CCCC(C)CCN1CCCC1. The number of likely N-dealkylation sites (tertiary alicyclic amines) is 1. The topological polar surface area (TPSA) is 3.24 Å². The zero-order valence-corrected chi connectivity index (χ0v) is 11.0. The zero-order chi connectivity index (χ0) is 11.1. The lowest BCUT2D eigenvalue weighted by Gasteiger charge is -2.18. The average molecular weight is 211 g/mol. The highest BCUT2D eigenvalue weighted by molar-refractivity contribution is 4.67. The molecule has 1 aliphatic heterocycles. The van der Waals surface area contributed by atoms with Gasteiger partial charge in [-0.2, -0.15) is 0 Å². The highest BCUT2D eigenvalue weighted by Crippen LogP contribution is 2.17. The van der Waals surface area contributed by atoms with E-state index in [1.165, 1.54) is 58.2 Å². The molecule has 0 spiro atoms. The van der Waals surface area contributed by atoms with Crippen molar-refractivity contribution in [2.75, 3.05) is 19.6 Å². The summed E-state index contributed by atoms with van der Waals surface area (Å²) in [7, 11) is 0. The van der Waals surface area contributed by atoms with Gasteiger partial charge in [-0.3, -0.25) is 0 Å². The van der Waals surface area contributed by atoms with Gasteiger partial charge in [0.15, 0.2) is 0 Å². The van der Waals surface area contributed by atoms with E-state index in [9.17, 15) is 0 Å². The van der Waals surface area contributed by atoms with Crippen molar-refractivity contribution in [1.82, 2.24) is 4.90 Å². The Hall–Kier alpha value is -0.0400. The van der Waals surface area contributed by atoms with Gasteiger partial charge in [-0.25, -0.2) is 0 Å². The lowest BCUT2D eigenvalue weighted by molar-refractivity contribution is 0.299. The van der Waals surface area contributed by atoms with Crippen LogP contribution in [0.2, 0.25) is 0 Å². The van der Waals surface area contributed by atoms with Gasteiger partial charge in [0.2, 0.25) is 0 Å². The number of hydrogen-bond acceptors (Lipinski definition) is 1. The molecule has 0 aromatic rings. The molecule has 15 heavy (non-hydrogen) atoms. The summed E-state index contributed by atoms with van der Waals surface area (Å²) in [6, 6.07) is 0. The fraction of sp³-hybridized carbons (Fsp3) is 1.00. The highest BCUT2D eigenvalue weighted by atomic mass is 15.1. The highest BCUT2D eigenvalue weighted by Gasteiger charge is 2.12. The molecule has 1 unspecified atom stereocenters. The maximum atomic E-state index is 2.64. The predicted molar refractivity (Wildman–Crippen MR) is 68.1 cm³/mol. The molecule has 0 amide bonds. The van der Waals surface area contributed by atoms with Crippen LogP contribution in [0.4, 0.5) is 0 Å². The minimum Gasteiger partial charge on any atom is -0.303 e. The van der Waals surface area contributed by atoms with Crippen LogP contribution < -0.4 is 0 Å². The summed E-state index contributed by atoms with van der Waals surface area (Å²) in [5.41, 5.74) is 0. The van der Waals surface area contributed by atoms with E-state index in [1.807, 2.05) is 0 Å². The van der Waals surface area contributed by atoms with Crippen LogP contribution in [0.3, 0.4) is 0 Å². The van der Waals surface area contributed by atoms with Crippen LogP contribution in [0.25, 0.3) is 0 Å². The Labute approximate surface area is 96.2 Å². The largest absolute Gasteiger partial charge is 0.303 e. The van der Waals surface area contributed by atoms with E-state index in [1.54, 1.807) is 0 Å². The molecule has 90 valence electrons. The second-order valence-electron chi connectivity index (χ2n) is 5.77. The molecule has 1 aliphatic rings. The number of nitrogens with zero attached hydrogens (tertiary/aromatic N) is 1. The Balaban J connectivity index is 1.95. The van der Waals surface area contributed by atoms with Crippen LogP contribution in [-0.2, 0) is 0 Å². The summed E-state index contributed by atoms with van der Waals surface area (Å²) in [6.07, 6.45) is 8.56. The third-order valence-electron chi connectivity index (χ3n) is 3.62. The third kappa shape index (κ3) is 6.19. The van der Waals surface area contributed by atoms with Crippen molar-refractivity contribution in [2.24, 2.45) is 11.8 Å². The lowest BCUT2D eigenvalue weighted by atomic mass is 9.97. The molecule has 0 aliphatic carbocycles. The molecule has 0 radical (unpaired) electrons. The molecular formula is C14H29N. The molecular weight excluding hydrogens is 182 g/mol. The van der Waals surface area contributed by atoms with E-state index < -0.39 is 0 Å². The van der Waals surface area contributed by atoms with Gasteiger partial charge >= 0.3 is 0 Å². The monoisotopic (exact) mass is 211 g/mol. The second kappa shape index (κ2) is 7.27. The van der Waals surface area contributed by atoms with Crippen LogP contribution >= 0.6 is 0 Å². The molecule has 1 heteroatoms. The standard InChI is InChI=1S/C14H29N/c1-13(2)7-6-8-14(3)9-12-15-10-4-5-11-15/h13-14H,4-12H2,1-3H3. The van der Waals surface area contributed by atoms with Crippen LogP contribution in [-0.4, -0.2) is 24.5 Å². The summed E-state index contributed by atoms with van der Waals surface area (Å²) < 4.78 is 0. The van der Waals surface area contributed by atoms with Gasteiger partial charge < -0.3 is 4.90 Å². The minimum absolute atomic E-state index is 0.885. The van der Waals surface area contributed by atoms with Crippen molar-refractivity contribution in [1.29, 1.82) is 0 Å². The smallest absolute Gasteiger partial charge is 0.00162 e. The molecule has 1 rings (SSSR count). The van der Waals surface area contributed by atoms with Gasteiger partial charge in [0.1, 0.15) is 0 Å². The molecule has 0 N–H and O–H groups in total. The van der Waals surface area contributed by atoms with Gasteiger partial charge in [-0.1, -0.05) is 40.0 Å². The van der Waals surface area contributed by atoms with E-state index in [-0.39, 0.29) is 0 Å². The van der Waals surface area contributed by atoms with Crippen molar-refractivity contribution in [2.45, 2.75) is 59.3 Å². The van der Waals surface area contributed by atoms with Crippen molar-refractivity contribution >= 4 is 0 Å². The number of hydrogen-bond donors (Lipinski definition) is 0. The molecule has 0 aromatic heterocycles. The van der Waals surface area contributed by atoms with Gasteiger partial charge in [-0.15, -0.1) is 0 Å². The molecule has 1 atom stereocenters. The fourth-order valence-corrected chi connectivity index (χ4v) is 2.43. The first-order chi connectivity index (χ1) is 7.18. The van der Waals surface area contributed by atoms with Crippen LogP contribution in [0.15, 0.2) is 0 Å². The Morgan fingerprint density at radius 3 is 2.20 bits per heavy atom. The van der Waals surface area contributed by atoms with Gasteiger partial charge in [0.25, 0.3) is 0 Å². The summed E-state index contributed by atoms with van der Waals surface area (Å²) >= 11 is 0. The Morgan fingerprint density at radius 1 is 0.933 bits per heavy atom. The van der Waals surface area contributed by atoms with E-state index in [4.69, 9.17) is 0 Å². The first-order valence-electron chi connectivity index (χ1n) is 6.91. The maximum absolute atomic E-state index is 2.64. The molecule has 1 fully saturated rings. The molecule has 1 heterocycles. The molecule has 0 aromatic carbocycles. The summed E-state index contributed by atoms with van der Waals surface area (Å²) in [5, 5.41) is 0. The summed E-state index contributed by atoms with van der Waals surface area (Å²) in [4.78, 5) is 2.64. The predicted octanol–water partition coefficient (Wildman–Crippen LogP) is 3.93. The third-order valence-corrected chi connectivity index (χ3v) is 3.62. The average Bonchev–Trinajstić information content (AvgIpc) is 2.66. The van der Waals surface area contributed by atoms with Crippen LogP contribution in [0, 0.1) is 11.8 Å². The van der Waals surface area contributed by atoms with E-state index in [2.05, 4.69) is 25.7 Å². The summed E-state index contributed by atoms with van der Waals surface area (Å²) in [5.74, 6) is 1.82. The van der Waals surface area contributed by atoms with Crippen molar-refractivity contribution in [3.63, 3.8) is 0 Å². The summed E-state index contributed by atoms with van der Waals surface area (Å²) in [6.45, 7) is 11.2. The molecule has 0 saturated carbocycles. The quantitative estimate of drug-likeness (QED) is 0.616. The van der Waals surface area contributed by atoms with Crippen molar-refractivity contribution < 1.29 is 0 Å². The van der Waals surface area contributed by atoms with E-state index >= 15 is 0 Å². The fourth-order valence-electron chi connectivity index (χ4n) is 2.43. The first-order valence-corrected chi connectivity index (χ1v) is 6.91. The lowest BCUT2D eigenvalue weighted by Crippen LogP contribution is -2.22. The molecule has 1 saturated heterocycles. The van der Waals surface area contributed by atoms with Crippen LogP contribution in [0.1, 0.15) is 59.3 Å². The maximum Gasteiger partial charge on any atom is -0.00162 e. The Kier molecular flexibility index (Phi) is 6.31. The molecule has 1 nitrogen and oxygen atoms in total. The van der Waals surface area contributed by atoms with Crippen molar-refractivity contribution in [3.8, 4) is 0 Å². The van der Waals surface area contributed by atoms with Gasteiger partial charge in [0, 0.05) is 0 Å². The minimum atomic E-state index is 0.885. The molecule has 0 bridgehead atoms. The first kappa shape index (κ1) is 13.0. The van der Waals surface area contributed by atoms with Gasteiger partial charge in [0.05, 0.1) is 0 Å².